The highest BCUT2D eigenvalue weighted by Gasteiger charge is 2.24. The van der Waals surface area contributed by atoms with E-state index in [1.54, 1.807) is 12.1 Å². The lowest BCUT2D eigenvalue weighted by molar-refractivity contribution is -0.384. The van der Waals surface area contributed by atoms with Gasteiger partial charge in [0.25, 0.3) is 5.69 Å². The van der Waals surface area contributed by atoms with Gasteiger partial charge in [-0.2, -0.15) is 0 Å². The highest BCUT2D eigenvalue weighted by atomic mass is 16.6. The lowest BCUT2D eigenvalue weighted by atomic mass is 9.88. The topological polar surface area (TPSA) is 77.2 Å². The van der Waals surface area contributed by atoms with Crippen LogP contribution in [-0.4, -0.2) is 15.4 Å². The van der Waals surface area contributed by atoms with Gasteiger partial charge in [-0.25, -0.2) is 0 Å². The number of aromatic nitrogens is 1. The van der Waals surface area contributed by atoms with Crippen molar-refractivity contribution in [1.82, 2.24) is 9.88 Å². The van der Waals surface area contributed by atoms with E-state index in [2.05, 4.69) is 22.0 Å². The zero-order valence-electron chi connectivity index (χ0n) is 20.3. The van der Waals surface area contributed by atoms with Crippen LogP contribution in [0.15, 0.2) is 115 Å². The van der Waals surface area contributed by atoms with Gasteiger partial charge >= 0.3 is 0 Å². The molecule has 1 heterocycles. The van der Waals surface area contributed by atoms with Crippen LogP contribution in [0.4, 0.5) is 5.69 Å². The molecule has 5 rings (SSSR count). The van der Waals surface area contributed by atoms with Crippen molar-refractivity contribution in [2.45, 2.75) is 25.4 Å². The second-order valence-corrected chi connectivity index (χ2v) is 9.09. The summed E-state index contributed by atoms with van der Waals surface area (Å²) in [6.07, 6.45) is 2.27. The molecule has 0 aliphatic heterocycles. The first-order chi connectivity index (χ1) is 18.1. The number of fused-ring (bicyclic) bond motifs is 1. The van der Waals surface area contributed by atoms with E-state index in [4.69, 9.17) is 0 Å². The SMILES string of the molecule is O=C(C[C@H](c1ccccc1)c1cn(Cc2ccccc2)c2ccc([N+](=O)[O-])cc12)NCc1ccccc1. The molecule has 0 bridgehead atoms. The Kier molecular flexibility index (Phi) is 7.08. The standard InChI is InChI=1S/C31H27N3O3/c35-31(32-20-23-10-4-1-5-11-23)19-27(25-14-8-3-9-15-25)29-22-33(21-24-12-6-2-7-13-24)30-17-16-26(34(36)37)18-28(29)30/h1-18,22,27H,19-21H2,(H,32,35)/t27-/m1/s1. The van der Waals surface area contributed by atoms with Gasteiger partial charge in [0.2, 0.25) is 5.91 Å². The predicted octanol–water partition coefficient (Wildman–Crippen LogP) is 6.44. The second-order valence-electron chi connectivity index (χ2n) is 9.09. The Hall–Kier alpha value is -4.71. The predicted molar refractivity (Wildman–Crippen MR) is 145 cm³/mol. The number of nitro benzene ring substituents is 1. The second kappa shape index (κ2) is 10.9. The number of hydrogen-bond acceptors (Lipinski definition) is 3. The molecule has 184 valence electrons. The monoisotopic (exact) mass is 489 g/mol. The molecule has 4 aromatic carbocycles. The molecule has 1 aromatic heterocycles. The smallest absolute Gasteiger partial charge is 0.270 e. The first-order valence-corrected chi connectivity index (χ1v) is 12.2. The molecule has 6 heteroatoms. The van der Waals surface area contributed by atoms with Gasteiger partial charge in [-0.3, -0.25) is 14.9 Å². The van der Waals surface area contributed by atoms with Crippen molar-refractivity contribution in [3.8, 4) is 0 Å². The number of nitrogens with zero attached hydrogens (tertiary/aromatic N) is 2. The highest BCUT2D eigenvalue weighted by molar-refractivity contribution is 5.88. The molecule has 0 saturated heterocycles. The van der Waals surface area contributed by atoms with Crippen molar-refractivity contribution < 1.29 is 9.72 Å². The molecule has 1 N–H and O–H groups in total. The molecule has 1 atom stereocenters. The third-order valence-corrected chi connectivity index (χ3v) is 6.60. The fourth-order valence-corrected chi connectivity index (χ4v) is 4.76. The summed E-state index contributed by atoms with van der Waals surface area (Å²) in [5.41, 5.74) is 4.98. The minimum Gasteiger partial charge on any atom is -0.352 e. The van der Waals surface area contributed by atoms with Crippen molar-refractivity contribution in [2.75, 3.05) is 0 Å². The number of non-ortho nitro benzene ring substituents is 1. The molecule has 0 saturated carbocycles. The van der Waals surface area contributed by atoms with E-state index in [1.807, 2.05) is 85.1 Å². The maximum Gasteiger partial charge on any atom is 0.270 e. The number of carbonyl (C=O) groups excluding carboxylic acids is 1. The Morgan fingerprint density at radius 1 is 0.838 bits per heavy atom. The van der Waals surface area contributed by atoms with Crippen LogP contribution in [0.1, 0.15) is 34.6 Å². The number of amides is 1. The molecule has 1 amide bonds. The fourth-order valence-electron chi connectivity index (χ4n) is 4.76. The summed E-state index contributed by atoms with van der Waals surface area (Å²) in [7, 11) is 0. The average Bonchev–Trinajstić information content (AvgIpc) is 3.29. The fraction of sp³-hybridized carbons (Fsp3) is 0.129. The Bertz CT molecular complexity index is 1510. The maximum absolute atomic E-state index is 13.2. The summed E-state index contributed by atoms with van der Waals surface area (Å²) in [6, 6.07) is 34.7. The minimum absolute atomic E-state index is 0.0338. The first kappa shape index (κ1) is 24.0. The van der Waals surface area contributed by atoms with E-state index in [0.29, 0.717) is 13.1 Å². The maximum atomic E-state index is 13.2. The van der Waals surface area contributed by atoms with Crippen LogP contribution < -0.4 is 5.32 Å². The molecule has 37 heavy (non-hydrogen) atoms. The summed E-state index contributed by atoms with van der Waals surface area (Å²) in [5, 5.41) is 15.5. The van der Waals surface area contributed by atoms with Gasteiger partial charge < -0.3 is 9.88 Å². The molecule has 0 unspecified atom stereocenters. The summed E-state index contributed by atoms with van der Waals surface area (Å²) < 4.78 is 2.11. The summed E-state index contributed by atoms with van der Waals surface area (Å²) >= 11 is 0. The van der Waals surface area contributed by atoms with Crippen molar-refractivity contribution in [3.05, 3.63) is 148 Å². The number of carbonyl (C=O) groups is 1. The summed E-state index contributed by atoms with van der Waals surface area (Å²) in [6.45, 7) is 1.07. The minimum atomic E-state index is -0.373. The van der Waals surface area contributed by atoms with E-state index in [0.717, 1.165) is 33.2 Å². The van der Waals surface area contributed by atoms with Gasteiger partial charge in [0.15, 0.2) is 0 Å². The quantitative estimate of drug-likeness (QED) is 0.191. The van der Waals surface area contributed by atoms with Gasteiger partial charge in [0.1, 0.15) is 0 Å². The van der Waals surface area contributed by atoms with Crippen LogP contribution in [0.2, 0.25) is 0 Å². The Balaban J connectivity index is 1.54. The molecular formula is C31H27N3O3. The van der Waals surface area contributed by atoms with Gasteiger partial charge in [-0.1, -0.05) is 91.0 Å². The molecule has 0 fully saturated rings. The number of nitro groups is 1. The van der Waals surface area contributed by atoms with Crippen LogP contribution in [0.25, 0.3) is 10.9 Å². The van der Waals surface area contributed by atoms with E-state index in [9.17, 15) is 14.9 Å². The summed E-state index contributed by atoms with van der Waals surface area (Å²) in [4.78, 5) is 24.4. The Labute approximate surface area is 215 Å². The number of rotatable bonds is 9. The van der Waals surface area contributed by atoms with E-state index in [1.165, 1.54) is 6.07 Å². The normalized spacial score (nSPS) is 11.8. The molecule has 5 aromatic rings. The zero-order valence-corrected chi connectivity index (χ0v) is 20.3. The highest BCUT2D eigenvalue weighted by Crippen LogP contribution is 2.36. The van der Waals surface area contributed by atoms with E-state index in [-0.39, 0.29) is 28.9 Å². The molecular weight excluding hydrogens is 462 g/mol. The number of nitrogens with one attached hydrogen (secondary N) is 1. The number of hydrogen-bond donors (Lipinski definition) is 1. The molecule has 0 spiro atoms. The van der Waals surface area contributed by atoms with Gasteiger partial charge in [0.05, 0.1) is 4.92 Å². The lowest BCUT2D eigenvalue weighted by Gasteiger charge is -2.17. The molecule has 6 nitrogen and oxygen atoms in total. The van der Waals surface area contributed by atoms with Crippen LogP contribution >= 0.6 is 0 Å². The van der Waals surface area contributed by atoms with Crippen molar-refractivity contribution in [3.63, 3.8) is 0 Å². The van der Waals surface area contributed by atoms with Crippen molar-refractivity contribution >= 4 is 22.5 Å². The first-order valence-electron chi connectivity index (χ1n) is 12.2. The van der Waals surface area contributed by atoms with Crippen LogP contribution in [-0.2, 0) is 17.9 Å². The van der Waals surface area contributed by atoms with Crippen LogP contribution in [0.3, 0.4) is 0 Å². The number of benzene rings is 4. The van der Waals surface area contributed by atoms with Crippen LogP contribution in [0.5, 0.6) is 0 Å². The zero-order chi connectivity index (χ0) is 25.6. The third kappa shape index (κ3) is 5.59. The summed E-state index contributed by atoms with van der Waals surface area (Å²) in [5.74, 6) is -0.342. The van der Waals surface area contributed by atoms with Gasteiger partial charge in [-0.05, 0) is 28.3 Å². The van der Waals surface area contributed by atoms with Crippen molar-refractivity contribution in [2.24, 2.45) is 0 Å². The van der Waals surface area contributed by atoms with Crippen LogP contribution in [0, 0.1) is 10.1 Å². The Morgan fingerprint density at radius 2 is 1.46 bits per heavy atom. The van der Waals surface area contributed by atoms with E-state index >= 15 is 0 Å². The molecule has 0 radical (unpaired) electrons. The molecule has 0 aliphatic rings. The molecule has 0 aliphatic carbocycles. The Morgan fingerprint density at radius 3 is 2.11 bits per heavy atom. The van der Waals surface area contributed by atoms with Crippen molar-refractivity contribution in [1.29, 1.82) is 0 Å². The third-order valence-electron chi connectivity index (χ3n) is 6.60. The largest absolute Gasteiger partial charge is 0.352 e. The average molecular weight is 490 g/mol. The van der Waals surface area contributed by atoms with E-state index < -0.39 is 0 Å². The van der Waals surface area contributed by atoms with Gasteiger partial charge in [0, 0.05) is 54.7 Å². The lowest BCUT2D eigenvalue weighted by Crippen LogP contribution is -2.25. The van der Waals surface area contributed by atoms with Gasteiger partial charge in [-0.15, -0.1) is 0 Å².